The topological polar surface area (TPSA) is 87.7 Å². The Hall–Kier alpha value is -1.47. The van der Waals surface area contributed by atoms with E-state index in [0.29, 0.717) is 26.3 Å². The van der Waals surface area contributed by atoms with Gasteiger partial charge in [-0.15, -0.1) is 0 Å². The summed E-state index contributed by atoms with van der Waals surface area (Å²) in [6.07, 6.45) is 0.0763. The van der Waals surface area contributed by atoms with E-state index in [2.05, 4.69) is 10.6 Å². The van der Waals surface area contributed by atoms with E-state index in [4.69, 9.17) is 4.74 Å². The maximum Gasteiger partial charge on any atom is 0.238 e. The third kappa shape index (κ3) is 4.90. The molecule has 1 saturated heterocycles. The average molecular weight is 285 g/mol. The second-order valence-electron chi connectivity index (χ2n) is 4.88. The highest BCUT2D eigenvalue weighted by molar-refractivity contribution is 5.92. The number of ketones is 1. The van der Waals surface area contributed by atoms with Crippen LogP contribution in [0.4, 0.5) is 0 Å². The minimum atomic E-state index is -0.632. The summed E-state index contributed by atoms with van der Waals surface area (Å²) in [5, 5.41) is 5.41. The van der Waals surface area contributed by atoms with Crippen LogP contribution in [0.3, 0.4) is 0 Å². The third-order valence-electron chi connectivity index (χ3n) is 3.38. The van der Waals surface area contributed by atoms with Gasteiger partial charge in [0.1, 0.15) is 0 Å². The van der Waals surface area contributed by atoms with E-state index in [1.807, 2.05) is 0 Å². The zero-order valence-electron chi connectivity index (χ0n) is 12.3. The van der Waals surface area contributed by atoms with E-state index < -0.39 is 12.1 Å². The summed E-state index contributed by atoms with van der Waals surface area (Å²) in [4.78, 5) is 36.9. The second kappa shape index (κ2) is 7.96. The molecule has 0 aliphatic carbocycles. The van der Waals surface area contributed by atoms with Crippen LogP contribution in [-0.2, 0) is 19.1 Å². The lowest BCUT2D eigenvalue weighted by molar-refractivity contribution is -0.138. The van der Waals surface area contributed by atoms with Gasteiger partial charge in [0.2, 0.25) is 11.8 Å². The number of rotatable bonds is 6. The molecule has 1 heterocycles. The summed E-state index contributed by atoms with van der Waals surface area (Å²) in [6, 6.07) is -1.18. The smallest absolute Gasteiger partial charge is 0.238 e. The summed E-state index contributed by atoms with van der Waals surface area (Å²) >= 11 is 0. The summed E-state index contributed by atoms with van der Waals surface area (Å²) in [5.41, 5.74) is 0. The van der Waals surface area contributed by atoms with Gasteiger partial charge in [-0.1, -0.05) is 0 Å². The molecule has 2 atom stereocenters. The van der Waals surface area contributed by atoms with Crippen molar-refractivity contribution in [2.24, 2.45) is 0 Å². The van der Waals surface area contributed by atoms with Gasteiger partial charge in [0.15, 0.2) is 5.78 Å². The molecule has 0 bridgehead atoms. The van der Waals surface area contributed by atoms with Crippen molar-refractivity contribution >= 4 is 17.6 Å². The quantitative estimate of drug-likeness (QED) is 0.648. The van der Waals surface area contributed by atoms with Gasteiger partial charge in [0.25, 0.3) is 0 Å². The molecule has 0 aromatic heterocycles. The van der Waals surface area contributed by atoms with Gasteiger partial charge >= 0.3 is 0 Å². The van der Waals surface area contributed by atoms with Crippen LogP contribution in [0.15, 0.2) is 0 Å². The summed E-state index contributed by atoms with van der Waals surface area (Å²) in [7, 11) is 1.62. The highest BCUT2D eigenvalue weighted by Crippen LogP contribution is 2.03. The SMILES string of the molecule is CN[C@@H](CC(=O)N1CCOCC1)C(=O)NC(C)C(C)=O. The maximum absolute atomic E-state index is 12.1. The molecule has 0 aromatic rings. The van der Waals surface area contributed by atoms with Gasteiger partial charge in [-0.3, -0.25) is 14.4 Å². The lowest BCUT2D eigenvalue weighted by Crippen LogP contribution is -2.51. The molecule has 0 aromatic carbocycles. The Kier molecular flexibility index (Phi) is 6.60. The number of amides is 2. The first-order valence-corrected chi connectivity index (χ1v) is 6.79. The molecule has 2 amide bonds. The number of likely N-dealkylation sites (N-methyl/N-ethyl adjacent to an activating group) is 1. The standard InChI is InChI=1S/C13H23N3O4/c1-9(10(2)17)15-13(19)11(14-3)8-12(18)16-4-6-20-7-5-16/h9,11,14H,4-8H2,1-3H3,(H,15,19)/t9?,11-/m0/s1. The maximum atomic E-state index is 12.1. The Morgan fingerprint density at radius 1 is 1.25 bits per heavy atom. The van der Waals surface area contributed by atoms with Crippen molar-refractivity contribution in [3.05, 3.63) is 0 Å². The van der Waals surface area contributed by atoms with Crippen molar-refractivity contribution < 1.29 is 19.1 Å². The normalized spacial score (nSPS) is 18.2. The summed E-state index contributed by atoms with van der Waals surface area (Å²) in [5.74, 6) is -0.539. The summed E-state index contributed by atoms with van der Waals surface area (Å²) in [6.45, 7) is 5.21. The van der Waals surface area contributed by atoms with E-state index in [1.54, 1.807) is 18.9 Å². The zero-order chi connectivity index (χ0) is 15.1. The highest BCUT2D eigenvalue weighted by atomic mass is 16.5. The first kappa shape index (κ1) is 16.6. The first-order chi connectivity index (χ1) is 9.45. The fourth-order valence-electron chi connectivity index (χ4n) is 1.86. The van der Waals surface area contributed by atoms with Crippen LogP contribution in [0.5, 0.6) is 0 Å². The van der Waals surface area contributed by atoms with E-state index in [1.165, 1.54) is 6.92 Å². The van der Waals surface area contributed by atoms with E-state index in [9.17, 15) is 14.4 Å². The highest BCUT2D eigenvalue weighted by Gasteiger charge is 2.25. The number of Topliss-reactive ketones (excluding diaryl/α,β-unsaturated/α-hetero) is 1. The number of nitrogens with one attached hydrogen (secondary N) is 2. The van der Waals surface area contributed by atoms with E-state index in [0.717, 1.165) is 0 Å². The molecule has 1 fully saturated rings. The van der Waals surface area contributed by atoms with Gasteiger partial charge in [-0.05, 0) is 20.9 Å². The van der Waals surface area contributed by atoms with Crippen LogP contribution in [0.1, 0.15) is 20.3 Å². The van der Waals surface area contributed by atoms with Gasteiger partial charge in [-0.2, -0.15) is 0 Å². The van der Waals surface area contributed by atoms with Crippen molar-refractivity contribution in [3.63, 3.8) is 0 Å². The predicted molar refractivity (Wildman–Crippen MR) is 73.1 cm³/mol. The Labute approximate surface area is 119 Å². The number of carbonyl (C=O) groups excluding carboxylic acids is 3. The Bertz CT molecular complexity index is 367. The lowest BCUT2D eigenvalue weighted by atomic mass is 10.1. The molecule has 1 rings (SSSR count). The van der Waals surface area contributed by atoms with Gasteiger partial charge in [0, 0.05) is 13.1 Å². The fraction of sp³-hybridized carbons (Fsp3) is 0.769. The minimum absolute atomic E-state index is 0.0763. The summed E-state index contributed by atoms with van der Waals surface area (Å²) < 4.78 is 5.18. The van der Waals surface area contributed by atoms with Crippen LogP contribution < -0.4 is 10.6 Å². The number of carbonyl (C=O) groups is 3. The molecule has 7 nitrogen and oxygen atoms in total. The number of hydrogen-bond donors (Lipinski definition) is 2. The van der Waals surface area contributed by atoms with E-state index >= 15 is 0 Å². The molecule has 0 spiro atoms. The van der Waals surface area contributed by atoms with Crippen molar-refractivity contribution in [1.82, 2.24) is 15.5 Å². The second-order valence-corrected chi connectivity index (χ2v) is 4.88. The monoisotopic (exact) mass is 285 g/mol. The van der Waals surface area contributed by atoms with E-state index in [-0.39, 0.29) is 24.0 Å². The molecule has 2 N–H and O–H groups in total. The molecule has 7 heteroatoms. The fourth-order valence-corrected chi connectivity index (χ4v) is 1.86. The van der Waals surface area contributed by atoms with Gasteiger partial charge < -0.3 is 20.3 Å². The van der Waals surface area contributed by atoms with Crippen LogP contribution in [-0.4, -0.2) is 67.9 Å². The number of morpholine rings is 1. The molecule has 1 aliphatic heterocycles. The molecule has 114 valence electrons. The Morgan fingerprint density at radius 2 is 1.85 bits per heavy atom. The molecule has 1 aliphatic rings. The molecule has 0 radical (unpaired) electrons. The minimum Gasteiger partial charge on any atom is -0.378 e. The van der Waals surface area contributed by atoms with Crippen molar-refractivity contribution in [2.45, 2.75) is 32.4 Å². The Morgan fingerprint density at radius 3 is 2.35 bits per heavy atom. The Balaban J connectivity index is 2.50. The first-order valence-electron chi connectivity index (χ1n) is 6.79. The van der Waals surface area contributed by atoms with Crippen LogP contribution in [0.25, 0.3) is 0 Å². The van der Waals surface area contributed by atoms with Crippen molar-refractivity contribution in [3.8, 4) is 0 Å². The largest absolute Gasteiger partial charge is 0.378 e. The van der Waals surface area contributed by atoms with Crippen LogP contribution >= 0.6 is 0 Å². The van der Waals surface area contributed by atoms with Gasteiger partial charge in [0.05, 0.1) is 31.7 Å². The van der Waals surface area contributed by atoms with Crippen molar-refractivity contribution in [2.75, 3.05) is 33.4 Å². The molecule has 0 saturated carbocycles. The molecular formula is C13H23N3O4. The van der Waals surface area contributed by atoms with Crippen LogP contribution in [0, 0.1) is 0 Å². The van der Waals surface area contributed by atoms with Gasteiger partial charge in [-0.25, -0.2) is 0 Å². The van der Waals surface area contributed by atoms with Crippen LogP contribution in [0.2, 0.25) is 0 Å². The molecule has 20 heavy (non-hydrogen) atoms. The molecular weight excluding hydrogens is 262 g/mol. The van der Waals surface area contributed by atoms with Crippen molar-refractivity contribution in [1.29, 1.82) is 0 Å². The number of ether oxygens (including phenoxy) is 1. The molecule has 1 unspecified atom stereocenters. The number of hydrogen-bond acceptors (Lipinski definition) is 5. The average Bonchev–Trinajstić information content (AvgIpc) is 2.44. The zero-order valence-corrected chi connectivity index (χ0v) is 12.3. The third-order valence-corrected chi connectivity index (χ3v) is 3.38. The predicted octanol–water partition coefficient (Wildman–Crippen LogP) is -1.08. The number of nitrogens with zero attached hydrogens (tertiary/aromatic N) is 1. The lowest BCUT2D eigenvalue weighted by Gasteiger charge is -2.28.